The summed E-state index contributed by atoms with van der Waals surface area (Å²) >= 11 is 0. The Balaban J connectivity index is 1.27. The van der Waals surface area contributed by atoms with E-state index in [0.717, 1.165) is 58.4 Å². The topological polar surface area (TPSA) is 52.1 Å². The van der Waals surface area contributed by atoms with E-state index in [-0.39, 0.29) is 0 Å². The molecule has 0 aromatic heterocycles. The van der Waals surface area contributed by atoms with Gasteiger partial charge in [-0.05, 0) is 36.1 Å². The Kier molecular flexibility index (Phi) is 8.54. The van der Waals surface area contributed by atoms with E-state index in [1.54, 1.807) is 0 Å². The Labute approximate surface area is 192 Å². The molecule has 2 aliphatic rings. The lowest BCUT2D eigenvalue weighted by Gasteiger charge is -2.27. The second kappa shape index (κ2) is 12.0. The summed E-state index contributed by atoms with van der Waals surface area (Å²) in [5, 5.41) is 7.10. The Morgan fingerprint density at radius 3 is 2.47 bits per heavy atom. The third-order valence-electron chi connectivity index (χ3n) is 6.52. The lowest BCUT2D eigenvalue weighted by atomic mass is 10.1. The Hall–Kier alpha value is -2.41. The number of hydrogen-bond acceptors (Lipinski definition) is 4. The first kappa shape index (κ1) is 22.8. The van der Waals surface area contributed by atoms with Gasteiger partial charge in [-0.2, -0.15) is 0 Å². The highest BCUT2D eigenvalue weighted by Gasteiger charge is 2.24. The fourth-order valence-corrected chi connectivity index (χ4v) is 4.65. The predicted molar refractivity (Wildman–Crippen MR) is 131 cm³/mol. The van der Waals surface area contributed by atoms with Gasteiger partial charge >= 0.3 is 0 Å². The molecule has 6 heteroatoms. The Morgan fingerprint density at radius 2 is 1.69 bits per heavy atom. The molecule has 0 amide bonds. The van der Waals surface area contributed by atoms with Crippen LogP contribution in [0.25, 0.3) is 0 Å². The fraction of sp³-hybridized carbons (Fsp3) is 0.500. The zero-order valence-electron chi connectivity index (χ0n) is 19.3. The van der Waals surface area contributed by atoms with Gasteiger partial charge in [0.05, 0.1) is 13.2 Å². The first-order valence-corrected chi connectivity index (χ1v) is 11.9. The lowest BCUT2D eigenvalue weighted by molar-refractivity contribution is 0.0341. The highest BCUT2D eigenvalue weighted by molar-refractivity contribution is 5.79. The molecule has 6 nitrogen and oxygen atoms in total. The standard InChI is InChI=1S/C26H37N5O/c1-27-26(29-19-25-12-7-13-31(25)20-22-8-3-2-4-9-22)28-18-23-10-5-6-11-24(23)21-30-14-16-32-17-15-30/h2-6,8-11,25H,7,12-21H2,1H3,(H2,27,28,29). The molecule has 0 saturated carbocycles. The Morgan fingerprint density at radius 1 is 0.938 bits per heavy atom. The summed E-state index contributed by atoms with van der Waals surface area (Å²) in [6, 6.07) is 20.0. The molecule has 4 rings (SSSR count). The van der Waals surface area contributed by atoms with Gasteiger partial charge in [-0.15, -0.1) is 0 Å². The summed E-state index contributed by atoms with van der Waals surface area (Å²) in [7, 11) is 1.85. The van der Waals surface area contributed by atoms with E-state index in [4.69, 9.17) is 4.74 Å². The second-order valence-corrected chi connectivity index (χ2v) is 8.72. The van der Waals surface area contributed by atoms with Crippen molar-refractivity contribution >= 4 is 5.96 Å². The van der Waals surface area contributed by atoms with Gasteiger partial charge in [0.15, 0.2) is 5.96 Å². The average molecular weight is 436 g/mol. The molecule has 32 heavy (non-hydrogen) atoms. The summed E-state index contributed by atoms with van der Waals surface area (Å²) < 4.78 is 5.49. The van der Waals surface area contributed by atoms with Crippen LogP contribution in [0.5, 0.6) is 0 Å². The van der Waals surface area contributed by atoms with Crippen LogP contribution in [0.15, 0.2) is 59.6 Å². The zero-order valence-corrected chi connectivity index (χ0v) is 19.3. The van der Waals surface area contributed by atoms with Crippen molar-refractivity contribution in [3.63, 3.8) is 0 Å². The molecule has 0 spiro atoms. The molecular formula is C26H37N5O. The fourth-order valence-electron chi connectivity index (χ4n) is 4.65. The van der Waals surface area contributed by atoms with E-state index >= 15 is 0 Å². The summed E-state index contributed by atoms with van der Waals surface area (Å²) in [4.78, 5) is 9.53. The third-order valence-corrected chi connectivity index (χ3v) is 6.52. The minimum absolute atomic E-state index is 0.544. The van der Waals surface area contributed by atoms with Crippen LogP contribution in [-0.4, -0.2) is 68.2 Å². The van der Waals surface area contributed by atoms with Crippen molar-refractivity contribution in [1.29, 1.82) is 0 Å². The normalized spacial score (nSPS) is 20.4. The number of nitrogens with zero attached hydrogens (tertiary/aromatic N) is 3. The van der Waals surface area contributed by atoms with Crippen molar-refractivity contribution < 1.29 is 4.74 Å². The first-order valence-electron chi connectivity index (χ1n) is 11.9. The monoisotopic (exact) mass is 435 g/mol. The number of morpholine rings is 1. The molecule has 172 valence electrons. The van der Waals surface area contributed by atoms with Crippen molar-refractivity contribution in [3.05, 3.63) is 71.3 Å². The minimum atomic E-state index is 0.544. The van der Waals surface area contributed by atoms with E-state index in [1.165, 1.54) is 36.1 Å². The molecule has 2 aromatic rings. The number of aliphatic imine (C=N–C) groups is 1. The molecule has 2 heterocycles. The number of nitrogens with one attached hydrogen (secondary N) is 2. The van der Waals surface area contributed by atoms with Gasteiger partial charge in [0.25, 0.3) is 0 Å². The Bertz CT molecular complexity index is 850. The molecule has 0 bridgehead atoms. The number of likely N-dealkylation sites (tertiary alicyclic amines) is 1. The van der Waals surface area contributed by atoms with Crippen LogP contribution < -0.4 is 10.6 Å². The van der Waals surface area contributed by atoms with Crippen LogP contribution in [0, 0.1) is 0 Å². The van der Waals surface area contributed by atoms with Crippen LogP contribution in [0.1, 0.15) is 29.5 Å². The van der Waals surface area contributed by atoms with Gasteiger partial charge in [-0.1, -0.05) is 54.6 Å². The number of guanidine groups is 1. The highest BCUT2D eigenvalue weighted by Crippen LogP contribution is 2.19. The lowest BCUT2D eigenvalue weighted by Crippen LogP contribution is -2.44. The molecule has 2 fully saturated rings. The molecular weight excluding hydrogens is 398 g/mol. The molecule has 2 aliphatic heterocycles. The van der Waals surface area contributed by atoms with Gasteiger partial charge in [0.2, 0.25) is 0 Å². The van der Waals surface area contributed by atoms with E-state index in [9.17, 15) is 0 Å². The van der Waals surface area contributed by atoms with Crippen molar-refractivity contribution in [2.24, 2.45) is 4.99 Å². The molecule has 0 radical (unpaired) electrons. The van der Waals surface area contributed by atoms with Gasteiger partial charge in [-0.3, -0.25) is 14.8 Å². The molecule has 2 aromatic carbocycles. The van der Waals surface area contributed by atoms with Gasteiger partial charge in [-0.25, -0.2) is 0 Å². The smallest absolute Gasteiger partial charge is 0.191 e. The largest absolute Gasteiger partial charge is 0.379 e. The highest BCUT2D eigenvalue weighted by atomic mass is 16.5. The molecule has 0 aliphatic carbocycles. The zero-order chi connectivity index (χ0) is 22.0. The molecule has 1 atom stereocenters. The van der Waals surface area contributed by atoms with Gasteiger partial charge < -0.3 is 15.4 Å². The van der Waals surface area contributed by atoms with Crippen LogP contribution in [0.2, 0.25) is 0 Å². The van der Waals surface area contributed by atoms with E-state index in [1.807, 2.05) is 7.05 Å². The number of benzene rings is 2. The van der Waals surface area contributed by atoms with Crippen molar-refractivity contribution in [3.8, 4) is 0 Å². The van der Waals surface area contributed by atoms with E-state index in [0.29, 0.717) is 6.04 Å². The van der Waals surface area contributed by atoms with E-state index in [2.05, 4.69) is 80.0 Å². The quantitative estimate of drug-likeness (QED) is 0.493. The SMILES string of the molecule is CN=C(NCc1ccccc1CN1CCOCC1)NCC1CCCN1Cc1ccccc1. The van der Waals surface area contributed by atoms with Crippen molar-refractivity contribution in [1.82, 2.24) is 20.4 Å². The predicted octanol–water partition coefficient (Wildman–Crippen LogP) is 2.85. The van der Waals surface area contributed by atoms with Crippen molar-refractivity contribution in [2.45, 2.75) is 38.5 Å². The van der Waals surface area contributed by atoms with Crippen molar-refractivity contribution in [2.75, 3.05) is 46.4 Å². The summed E-state index contributed by atoms with van der Waals surface area (Å²) in [6.07, 6.45) is 2.50. The van der Waals surface area contributed by atoms with Crippen LogP contribution >= 0.6 is 0 Å². The van der Waals surface area contributed by atoms with Crippen LogP contribution in [-0.2, 0) is 24.4 Å². The molecule has 1 unspecified atom stereocenters. The number of rotatable bonds is 8. The van der Waals surface area contributed by atoms with Crippen LogP contribution in [0.4, 0.5) is 0 Å². The van der Waals surface area contributed by atoms with E-state index < -0.39 is 0 Å². The van der Waals surface area contributed by atoms with Gasteiger partial charge in [0.1, 0.15) is 0 Å². The maximum Gasteiger partial charge on any atom is 0.191 e. The second-order valence-electron chi connectivity index (χ2n) is 8.72. The number of hydrogen-bond donors (Lipinski definition) is 2. The van der Waals surface area contributed by atoms with Crippen LogP contribution in [0.3, 0.4) is 0 Å². The summed E-state index contributed by atoms with van der Waals surface area (Å²) in [5.74, 6) is 0.873. The minimum Gasteiger partial charge on any atom is -0.379 e. The number of ether oxygens (including phenoxy) is 1. The van der Waals surface area contributed by atoms with Gasteiger partial charge in [0, 0.05) is 52.4 Å². The molecule has 2 saturated heterocycles. The third kappa shape index (κ3) is 6.55. The maximum absolute atomic E-state index is 5.49. The average Bonchev–Trinajstić information content (AvgIpc) is 3.28. The maximum atomic E-state index is 5.49. The summed E-state index contributed by atoms with van der Waals surface area (Å²) in [5.41, 5.74) is 4.09. The molecule has 2 N–H and O–H groups in total. The first-order chi connectivity index (χ1) is 15.8. The summed E-state index contributed by atoms with van der Waals surface area (Å²) in [6.45, 7) is 8.54.